The number of hydrogen-bond donors (Lipinski definition) is 1. The fraction of sp³-hybridized carbons (Fsp3) is 0.368. The van der Waals surface area contributed by atoms with Crippen LogP contribution in [0.3, 0.4) is 0 Å². The molecule has 0 amide bonds. The van der Waals surface area contributed by atoms with Gasteiger partial charge >= 0.3 is 0 Å². The highest BCUT2D eigenvalue weighted by atomic mass is 35.5. The molecule has 27 heavy (non-hydrogen) atoms. The molecule has 0 bridgehead atoms. The number of aromatic amines is 1. The first-order valence-electron chi connectivity index (χ1n) is 8.90. The Bertz CT molecular complexity index is 1040. The fourth-order valence-electron chi connectivity index (χ4n) is 3.44. The van der Waals surface area contributed by atoms with Gasteiger partial charge in [-0.3, -0.25) is 14.8 Å². The van der Waals surface area contributed by atoms with Crippen LogP contribution in [0.25, 0.3) is 16.8 Å². The van der Waals surface area contributed by atoms with E-state index >= 15 is 0 Å². The lowest BCUT2D eigenvalue weighted by Gasteiger charge is -2.26. The van der Waals surface area contributed by atoms with Crippen LogP contribution in [0.5, 0.6) is 0 Å². The normalized spacial score (nSPS) is 15.5. The number of halogens is 2. The first kappa shape index (κ1) is 18.5. The zero-order valence-corrected chi connectivity index (χ0v) is 16.5. The first-order chi connectivity index (χ1) is 13.0. The van der Waals surface area contributed by atoms with Crippen molar-refractivity contribution in [3.63, 3.8) is 0 Å². The van der Waals surface area contributed by atoms with Crippen molar-refractivity contribution in [2.75, 3.05) is 32.8 Å². The molecule has 2 aromatic heterocycles. The highest BCUT2D eigenvalue weighted by Gasteiger charge is 2.18. The quantitative estimate of drug-likeness (QED) is 0.722. The molecule has 0 aliphatic carbocycles. The van der Waals surface area contributed by atoms with Gasteiger partial charge in [-0.15, -0.1) is 0 Å². The third-order valence-corrected chi connectivity index (χ3v) is 5.39. The summed E-state index contributed by atoms with van der Waals surface area (Å²) in [4.78, 5) is 19.7. The fourth-order valence-corrected chi connectivity index (χ4v) is 3.94. The van der Waals surface area contributed by atoms with Crippen LogP contribution in [0.1, 0.15) is 11.4 Å². The Balaban J connectivity index is 1.73. The van der Waals surface area contributed by atoms with E-state index in [2.05, 4.69) is 10.00 Å². The summed E-state index contributed by atoms with van der Waals surface area (Å²) in [6.45, 7) is 6.09. The van der Waals surface area contributed by atoms with Gasteiger partial charge in [-0.2, -0.15) is 0 Å². The number of nitrogens with one attached hydrogen (secondary N) is 1. The molecular weight excluding hydrogens is 387 g/mol. The van der Waals surface area contributed by atoms with Crippen LogP contribution < -0.4 is 5.56 Å². The number of hydrogen-bond acceptors (Lipinski definition) is 4. The highest BCUT2D eigenvalue weighted by molar-refractivity contribution is 6.36. The van der Waals surface area contributed by atoms with Gasteiger partial charge in [0.2, 0.25) is 0 Å². The van der Waals surface area contributed by atoms with Gasteiger partial charge in [0, 0.05) is 59.7 Å². The molecule has 4 rings (SSSR count). The zero-order chi connectivity index (χ0) is 19.0. The van der Waals surface area contributed by atoms with Gasteiger partial charge in [0.25, 0.3) is 5.56 Å². The lowest BCUT2D eigenvalue weighted by atomic mass is 10.1. The van der Waals surface area contributed by atoms with Crippen LogP contribution in [0.4, 0.5) is 0 Å². The second-order valence-electron chi connectivity index (χ2n) is 6.68. The summed E-state index contributed by atoms with van der Waals surface area (Å²) in [6, 6.07) is 6.93. The zero-order valence-electron chi connectivity index (χ0n) is 15.0. The Morgan fingerprint density at radius 3 is 2.74 bits per heavy atom. The van der Waals surface area contributed by atoms with E-state index in [1.165, 1.54) is 4.52 Å². The van der Waals surface area contributed by atoms with Gasteiger partial charge in [-0.25, -0.2) is 9.50 Å². The molecule has 1 saturated heterocycles. The minimum absolute atomic E-state index is 0.128. The first-order valence-corrected chi connectivity index (χ1v) is 9.65. The van der Waals surface area contributed by atoms with Gasteiger partial charge in [-0.05, 0) is 19.1 Å². The molecule has 8 heteroatoms. The lowest BCUT2D eigenvalue weighted by Crippen LogP contribution is -2.37. The van der Waals surface area contributed by atoms with Gasteiger partial charge < -0.3 is 4.74 Å². The summed E-state index contributed by atoms with van der Waals surface area (Å²) < 4.78 is 6.85. The summed E-state index contributed by atoms with van der Waals surface area (Å²) in [6.07, 6.45) is 0.712. The van der Waals surface area contributed by atoms with E-state index in [9.17, 15) is 4.79 Å². The standard InChI is InChI=1S/C19H20Cl2N4O2/c1-12-18(15-3-2-13(20)10-16(15)21)19-22-14(11-17(26)25(19)23-12)4-5-24-6-8-27-9-7-24/h2-3,10-11,23H,4-9H2,1H3. The Hall–Kier alpha value is -1.86. The van der Waals surface area contributed by atoms with Gasteiger partial charge in [0.1, 0.15) is 0 Å². The van der Waals surface area contributed by atoms with E-state index < -0.39 is 0 Å². The molecule has 0 spiro atoms. The predicted octanol–water partition coefficient (Wildman–Crippen LogP) is 3.18. The molecule has 3 aromatic rings. The molecular formula is C19H20Cl2N4O2. The number of H-pyrrole nitrogens is 1. The molecule has 0 saturated carbocycles. The molecule has 3 heterocycles. The summed E-state index contributed by atoms with van der Waals surface area (Å²) in [7, 11) is 0. The van der Waals surface area contributed by atoms with Gasteiger partial charge in [-0.1, -0.05) is 29.3 Å². The maximum Gasteiger partial charge on any atom is 0.272 e. The SMILES string of the molecule is Cc1[nH]n2c(=O)cc(CCN3CCOCC3)nc2c1-c1ccc(Cl)cc1Cl. The average Bonchev–Trinajstić information content (AvgIpc) is 2.98. The number of fused-ring (bicyclic) bond motifs is 1. The monoisotopic (exact) mass is 406 g/mol. The van der Waals surface area contributed by atoms with E-state index in [1.54, 1.807) is 18.2 Å². The van der Waals surface area contributed by atoms with Crippen LogP contribution in [0.2, 0.25) is 10.0 Å². The molecule has 0 atom stereocenters. The summed E-state index contributed by atoms with van der Waals surface area (Å²) in [5.41, 5.74) is 3.68. The minimum atomic E-state index is -0.128. The van der Waals surface area contributed by atoms with Crippen molar-refractivity contribution >= 4 is 28.8 Å². The third-order valence-electron chi connectivity index (χ3n) is 4.84. The Labute approximate surface area is 166 Å². The maximum atomic E-state index is 12.6. The predicted molar refractivity (Wildman–Crippen MR) is 107 cm³/mol. The Morgan fingerprint density at radius 2 is 2.00 bits per heavy atom. The second kappa shape index (κ2) is 7.64. The smallest absolute Gasteiger partial charge is 0.272 e. The van der Waals surface area contributed by atoms with E-state index in [-0.39, 0.29) is 5.56 Å². The van der Waals surface area contributed by atoms with Gasteiger partial charge in [0.15, 0.2) is 5.65 Å². The van der Waals surface area contributed by atoms with Crippen molar-refractivity contribution in [3.8, 4) is 11.1 Å². The molecule has 1 aliphatic heterocycles. The van der Waals surface area contributed by atoms with E-state index in [4.69, 9.17) is 32.9 Å². The summed E-state index contributed by atoms with van der Waals surface area (Å²) in [5.74, 6) is 0. The van der Waals surface area contributed by atoms with Crippen molar-refractivity contribution < 1.29 is 4.74 Å². The van der Waals surface area contributed by atoms with E-state index in [1.807, 2.05) is 13.0 Å². The van der Waals surface area contributed by atoms with Crippen LogP contribution >= 0.6 is 23.2 Å². The van der Waals surface area contributed by atoms with Crippen LogP contribution in [0, 0.1) is 6.92 Å². The lowest BCUT2D eigenvalue weighted by molar-refractivity contribution is 0.0383. The second-order valence-corrected chi connectivity index (χ2v) is 7.53. The molecule has 142 valence electrons. The van der Waals surface area contributed by atoms with Crippen LogP contribution in [0.15, 0.2) is 29.1 Å². The van der Waals surface area contributed by atoms with Crippen molar-refractivity contribution in [1.29, 1.82) is 0 Å². The maximum absolute atomic E-state index is 12.6. The molecule has 6 nitrogen and oxygen atoms in total. The van der Waals surface area contributed by atoms with Crippen molar-refractivity contribution in [1.82, 2.24) is 19.5 Å². The molecule has 1 N–H and O–H groups in total. The van der Waals surface area contributed by atoms with E-state index in [0.717, 1.165) is 55.4 Å². The minimum Gasteiger partial charge on any atom is -0.379 e. The third kappa shape index (κ3) is 3.75. The molecule has 1 aromatic carbocycles. The van der Waals surface area contributed by atoms with Crippen LogP contribution in [-0.4, -0.2) is 52.3 Å². The summed E-state index contributed by atoms with van der Waals surface area (Å²) in [5, 5.41) is 4.19. The number of rotatable bonds is 4. The molecule has 0 radical (unpaired) electrons. The topological polar surface area (TPSA) is 62.6 Å². The Kier molecular flexibility index (Phi) is 5.23. The van der Waals surface area contributed by atoms with Crippen molar-refractivity contribution in [3.05, 3.63) is 56.1 Å². The van der Waals surface area contributed by atoms with E-state index in [0.29, 0.717) is 22.1 Å². The molecule has 1 fully saturated rings. The summed E-state index contributed by atoms with van der Waals surface area (Å²) >= 11 is 12.4. The van der Waals surface area contributed by atoms with Crippen molar-refractivity contribution in [2.24, 2.45) is 0 Å². The largest absolute Gasteiger partial charge is 0.379 e. The number of benzene rings is 1. The number of ether oxygens (including phenoxy) is 1. The molecule has 0 unspecified atom stereocenters. The number of aryl methyl sites for hydroxylation is 1. The number of nitrogens with zero attached hydrogens (tertiary/aromatic N) is 3. The van der Waals surface area contributed by atoms with Crippen LogP contribution in [-0.2, 0) is 11.2 Å². The highest BCUT2D eigenvalue weighted by Crippen LogP contribution is 2.34. The Morgan fingerprint density at radius 1 is 1.22 bits per heavy atom. The number of morpholine rings is 1. The van der Waals surface area contributed by atoms with Crippen molar-refractivity contribution in [2.45, 2.75) is 13.3 Å². The van der Waals surface area contributed by atoms with Gasteiger partial charge in [0.05, 0.1) is 18.2 Å². The average molecular weight is 407 g/mol. The molecule has 1 aliphatic rings. The number of aromatic nitrogens is 3.